The van der Waals surface area contributed by atoms with Crippen molar-refractivity contribution < 1.29 is 0 Å². The van der Waals surface area contributed by atoms with Crippen molar-refractivity contribution in [3.63, 3.8) is 0 Å². The monoisotopic (exact) mass is 164 g/mol. The molecule has 1 aliphatic rings. The molecule has 0 aromatic heterocycles. The molecule has 2 atom stereocenters. The lowest BCUT2D eigenvalue weighted by molar-refractivity contribution is 0.605. The fraction of sp³-hybridized carbons (Fsp3) is 0.500. The average Bonchev–Trinajstić information content (AvgIpc) is 2.13. The Hall–Kier alpha value is -1.05. The second-order valence-corrected chi connectivity index (χ2v) is 3.38. The minimum absolute atomic E-state index is 0.0729. The molecule has 12 heavy (non-hydrogen) atoms. The number of hydrogen-bond acceptors (Lipinski definition) is 2. The molecule has 2 nitrogen and oxygen atoms in total. The smallest absolute Gasteiger partial charge is 0.0945 e. The van der Waals surface area contributed by atoms with Crippen LogP contribution >= 0.6 is 0 Å². The number of hydrogen-bond donors (Lipinski definition) is 1. The van der Waals surface area contributed by atoms with Crippen molar-refractivity contribution in [1.82, 2.24) is 0 Å². The van der Waals surface area contributed by atoms with Gasteiger partial charge in [0, 0.05) is 23.7 Å². The third-order valence-electron chi connectivity index (χ3n) is 2.09. The van der Waals surface area contributed by atoms with E-state index in [1.165, 1.54) is 0 Å². The highest BCUT2D eigenvalue weighted by Gasteiger charge is 2.16. The van der Waals surface area contributed by atoms with Crippen molar-refractivity contribution in [1.29, 1.82) is 0 Å². The van der Waals surface area contributed by atoms with Gasteiger partial charge in [0.15, 0.2) is 0 Å². The highest BCUT2D eigenvalue weighted by molar-refractivity contribution is 5.83. The van der Waals surface area contributed by atoms with Crippen LogP contribution in [0.2, 0.25) is 0 Å². The Labute approximate surface area is 73.9 Å². The van der Waals surface area contributed by atoms with Crippen LogP contribution in [0.15, 0.2) is 29.4 Å². The molecule has 2 N–H and O–H groups in total. The first-order chi connectivity index (χ1) is 5.61. The molecular weight excluding hydrogens is 148 g/mol. The second kappa shape index (κ2) is 3.57. The molecule has 0 amide bonds. The number of allylic oxidation sites excluding steroid dienone is 1. The normalized spacial score (nSPS) is 29.3. The fourth-order valence-corrected chi connectivity index (χ4v) is 1.39. The van der Waals surface area contributed by atoms with Crippen molar-refractivity contribution in [3.8, 4) is 0 Å². The van der Waals surface area contributed by atoms with E-state index in [9.17, 15) is 0 Å². The maximum Gasteiger partial charge on any atom is 0.0945 e. The molecule has 66 valence electrons. The summed E-state index contributed by atoms with van der Waals surface area (Å²) < 4.78 is 0. The van der Waals surface area contributed by atoms with Crippen molar-refractivity contribution in [2.75, 3.05) is 0 Å². The van der Waals surface area contributed by atoms with Gasteiger partial charge in [0.1, 0.15) is 0 Å². The number of nitrogens with zero attached hydrogens (tertiary/aromatic N) is 1. The molecule has 2 heteroatoms. The highest BCUT2D eigenvalue weighted by atomic mass is 14.9. The maximum atomic E-state index is 5.65. The van der Waals surface area contributed by atoms with Gasteiger partial charge in [-0.05, 0) is 6.92 Å². The topological polar surface area (TPSA) is 38.4 Å². The Kier molecular flexibility index (Phi) is 2.69. The Balaban J connectivity index is 2.88. The molecule has 0 radical (unpaired) electrons. The summed E-state index contributed by atoms with van der Waals surface area (Å²) in [7, 11) is 0. The van der Waals surface area contributed by atoms with E-state index in [4.69, 9.17) is 5.73 Å². The molecule has 1 heterocycles. The lowest BCUT2D eigenvalue weighted by Crippen LogP contribution is -2.21. The van der Waals surface area contributed by atoms with E-state index in [-0.39, 0.29) is 6.04 Å². The average molecular weight is 164 g/mol. The summed E-state index contributed by atoms with van der Waals surface area (Å²) in [6.45, 7) is 7.88. The van der Waals surface area contributed by atoms with E-state index in [2.05, 4.69) is 30.6 Å². The van der Waals surface area contributed by atoms with Crippen LogP contribution < -0.4 is 5.73 Å². The van der Waals surface area contributed by atoms with Gasteiger partial charge in [-0.15, -0.1) is 0 Å². The van der Waals surface area contributed by atoms with Crippen LogP contribution in [-0.4, -0.2) is 11.8 Å². The van der Waals surface area contributed by atoms with Crippen LogP contribution in [0.25, 0.3) is 0 Å². The minimum Gasteiger partial charge on any atom is -0.401 e. The van der Waals surface area contributed by atoms with Gasteiger partial charge in [0.2, 0.25) is 0 Å². The van der Waals surface area contributed by atoms with E-state index < -0.39 is 0 Å². The zero-order valence-corrected chi connectivity index (χ0v) is 7.75. The highest BCUT2D eigenvalue weighted by Crippen LogP contribution is 2.17. The van der Waals surface area contributed by atoms with Gasteiger partial charge in [-0.2, -0.15) is 0 Å². The third-order valence-corrected chi connectivity index (χ3v) is 2.09. The molecule has 1 aliphatic heterocycles. The van der Waals surface area contributed by atoms with Crippen LogP contribution in [0.1, 0.15) is 20.3 Å². The Morgan fingerprint density at radius 3 is 3.00 bits per heavy atom. The Bertz CT molecular complexity index is 238. The minimum atomic E-state index is 0.0729. The molecule has 0 spiro atoms. The van der Waals surface area contributed by atoms with Crippen molar-refractivity contribution >= 4 is 5.71 Å². The zero-order valence-electron chi connectivity index (χ0n) is 7.75. The fourth-order valence-electron chi connectivity index (χ4n) is 1.39. The second-order valence-electron chi connectivity index (χ2n) is 3.38. The molecular formula is C10H16N2. The molecule has 2 unspecified atom stereocenters. The summed E-state index contributed by atoms with van der Waals surface area (Å²) in [4.78, 5) is 4.49. The summed E-state index contributed by atoms with van der Waals surface area (Å²) in [5.74, 6) is 0.375. The quantitative estimate of drug-likeness (QED) is 0.590. The lowest BCUT2D eigenvalue weighted by Gasteiger charge is -2.16. The molecule has 0 aromatic rings. The first-order valence-electron chi connectivity index (χ1n) is 4.25. The van der Waals surface area contributed by atoms with Gasteiger partial charge >= 0.3 is 0 Å². The lowest BCUT2D eigenvalue weighted by atomic mass is 10.0. The van der Waals surface area contributed by atoms with Gasteiger partial charge in [-0.1, -0.05) is 25.7 Å². The van der Waals surface area contributed by atoms with Crippen LogP contribution in [0, 0.1) is 5.92 Å². The van der Waals surface area contributed by atoms with E-state index in [0.29, 0.717) is 11.6 Å². The van der Waals surface area contributed by atoms with Crippen molar-refractivity contribution in [2.24, 2.45) is 16.6 Å². The van der Waals surface area contributed by atoms with Gasteiger partial charge in [0.25, 0.3) is 0 Å². The Morgan fingerprint density at radius 1 is 1.75 bits per heavy atom. The van der Waals surface area contributed by atoms with Crippen molar-refractivity contribution in [3.05, 3.63) is 24.4 Å². The van der Waals surface area contributed by atoms with E-state index >= 15 is 0 Å². The van der Waals surface area contributed by atoms with Crippen molar-refractivity contribution in [2.45, 2.75) is 26.3 Å². The molecule has 0 bridgehead atoms. The van der Waals surface area contributed by atoms with Crippen LogP contribution in [0.5, 0.6) is 0 Å². The SMILES string of the molecule is C=C(N)C1N=C(C)CC=CC1C. The molecule has 0 aliphatic carbocycles. The first kappa shape index (κ1) is 9.04. The molecule has 0 saturated carbocycles. The van der Waals surface area contributed by atoms with E-state index in [0.717, 1.165) is 12.1 Å². The number of rotatable bonds is 1. The van der Waals surface area contributed by atoms with Gasteiger partial charge in [-0.25, -0.2) is 0 Å². The molecule has 0 fully saturated rings. The van der Waals surface area contributed by atoms with Crippen LogP contribution in [0.4, 0.5) is 0 Å². The number of nitrogens with two attached hydrogens (primary N) is 1. The van der Waals surface area contributed by atoms with Gasteiger partial charge < -0.3 is 5.73 Å². The van der Waals surface area contributed by atoms with E-state index in [1.807, 2.05) is 6.92 Å². The molecule has 0 aromatic carbocycles. The summed E-state index contributed by atoms with van der Waals surface area (Å²) in [5.41, 5.74) is 7.45. The molecule has 1 rings (SSSR count). The standard InChI is InChI=1S/C10H16N2/c1-7-5-4-6-8(2)12-10(7)9(3)11/h4-5,7,10H,3,6,11H2,1-2H3. The largest absolute Gasteiger partial charge is 0.401 e. The molecule has 0 saturated heterocycles. The number of aliphatic imine (C=N–C) groups is 1. The predicted octanol–water partition coefficient (Wildman–Crippen LogP) is 1.88. The van der Waals surface area contributed by atoms with Crippen LogP contribution in [-0.2, 0) is 0 Å². The summed E-state index contributed by atoms with van der Waals surface area (Å²) in [6, 6.07) is 0.0729. The summed E-state index contributed by atoms with van der Waals surface area (Å²) in [5, 5.41) is 0. The zero-order chi connectivity index (χ0) is 9.14. The van der Waals surface area contributed by atoms with Gasteiger partial charge in [0.05, 0.1) is 6.04 Å². The Morgan fingerprint density at radius 2 is 2.42 bits per heavy atom. The van der Waals surface area contributed by atoms with Gasteiger partial charge in [-0.3, -0.25) is 4.99 Å². The first-order valence-corrected chi connectivity index (χ1v) is 4.25. The maximum absolute atomic E-state index is 5.65. The summed E-state index contributed by atoms with van der Waals surface area (Å²) >= 11 is 0. The third kappa shape index (κ3) is 1.97. The van der Waals surface area contributed by atoms with E-state index in [1.54, 1.807) is 0 Å². The predicted molar refractivity (Wildman–Crippen MR) is 53.1 cm³/mol. The van der Waals surface area contributed by atoms with Crippen LogP contribution in [0.3, 0.4) is 0 Å². The summed E-state index contributed by atoms with van der Waals surface area (Å²) in [6.07, 6.45) is 5.24.